The molecule has 2 spiro atoms. The summed E-state index contributed by atoms with van der Waals surface area (Å²) in [6.45, 7) is 25.6. The minimum absolute atomic E-state index is 0.0301. The fourth-order valence-electron chi connectivity index (χ4n) is 10.3. The summed E-state index contributed by atoms with van der Waals surface area (Å²) >= 11 is 0. The normalized spacial score (nSPS) is 26.9. The standard InChI is InChI=1S/C43H70N6O6/c1-12-20-44-35(53)32(51)28(22-27-15-13-16-27)45-34(52)29-23-43(41(10,11)42(43)17-14-18-42)26-49(29)36(54)33(39(5,6)7)47-37(55)46-30(38(2,3)4)25-48-21-19-40(8,9)24-31(48)50/h12,27-30,33H,1,13-26H2,2-11H3,(H,44,53)(H,45,52)(H2,46,47,55)/t28?,29-,30+,33-,43?/m0/s1. The van der Waals surface area contributed by atoms with Gasteiger partial charge >= 0.3 is 6.03 Å². The maximum atomic E-state index is 15.0. The van der Waals surface area contributed by atoms with Gasteiger partial charge in [-0.2, -0.15) is 0 Å². The molecule has 0 radical (unpaired) electrons. The lowest BCUT2D eigenvalue weighted by Gasteiger charge is -2.41. The van der Waals surface area contributed by atoms with Crippen LogP contribution >= 0.6 is 0 Å². The zero-order valence-corrected chi connectivity index (χ0v) is 35.4. The van der Waals surface area contributed by atoms with E-state index in [4.69, 9.17) is 0 Å². The third-order valence-electron chi connectivity index (χ3n) is 14.6. The molecule has 0 bridgehead atoms. The molecule has 6 amide bonds. The predicted octanol–water partition coefficient (Wildman–Crippen LogP) is 5.11. The smallest absolute Gasteiger partial charge is 0.315 e. The van der Waals surface area contributed by atoms with E-state index in [1.54, 1.807) is 4.90 Å². The lowest BCUT2D eigenvalue weighted by Crippen LogP contribution is -2.62. The summed E-state index contributed by atoms with van der Waals surface area (Å²) in [5.41, 5.74) is -1.51. The van der Waals surface area contributed by atoms with Crippen LogP contribution < -0.4 is 21.3 Å². The van der Waals surface area contributed by atoms with Crippen LogP contribution in [0.3, 0.4) is 0 Å². The number of carbonyl (C=O) groups is 6. The van der Waals surface area contributed by atoms with Crippen molar-refractivity contribution in [1.82, 2.24) is 31.1 Å². The van der Waals surface area contributed by atoms with E-state index in [2.05, 4.69) is 55.5 Å². The molecule has 3 aliphatic carbocycles. The highest BCUT2D eigenvalue weighted by Crippen LogP contribution is 2.88. The van der Waals surface area contributed by atoms with Gasteiger partial charge in [-0.15, -0.1) is 6.58 Å². The van der Waals surface area contributed by atoms with Crippen LogP contribution in [0.25, 0.3) is 0 Å². The number of hydrogen-bond donors (Lipinski definition) is 4. The Morgan fingerprint density at radius 1 is 0.891 bits per heavy atom. The highest BCUT2D eigenvalue weighted by atomic mass is 16.2. The number of hydrogen-bond acceptors (Lipinski definition) is 6. The average molecular weight is 767 g/mol. The molecule has 308 valence electrons. The van der Waals surface area contributed by atoms with Crippen molar-refractivity contribution in [1.29, 1.82) is 0 Å². The zero-order valence-electron chi connectivity index (χ0n) is 35.4. The number of amides is 6. The van der Waals surface area contributed by atoms with E-state index in [1.807, 2.05) is 46.4 Å². The first-order chi connectivity index (χ1) is 25.4. The van der Waals surface area contributed by atoms with E-state index in [9.17, 15) is 28.8 Å². The number of rotatable bonds is 13. The average Bonchev–Trinajstić information content (AvgIpc) is 3.25. The second-order valence-electron chi connectivity index (χ2n) is 21.1. The fraction of sp³-hybridized carbons (Fsp3) is 0.814. The number of Topliss-reactive ketones (excluding diaryl/α,β-unsaturated/α-hetero) is 1. The van der Waals surface area contributed by atoms with E-state index in [1.165, 1.54) is 6.08 Å². The van der Waals surface area contributed by atoms with Gasteiger partial charge < -0.3 is 31.1 Å². The molecule has 5 rings (SSSR count). The topological polar surface area (TPSA) is 157 Å². The fourth-order valence-corrected chi connectivity index (χ4v) is 10.3. The van der Waals surface area contributed by atoms with Crippen molar-refractivity contribution in [3.8, 4) is 0 Å². The molecule has 2 aliphatic heterocycles. The molecular formula is C43H70N6O6. The number of likely N-dealkylation sites (tertiary alicyclic amines) is 2. The van der Waals surface area contributed by atoms with E-state index in [-0.39, 0.29) is 57.4 Å². The molecule has 0 aromatic rings. The van der Waals surface area contributed by atoms with Crippen LogP contribution in [0.15, 0.2) is 12.7 Å². The van der Waals surface area contributed by atoms with Crippen molar-refractivity contribution < 1.29 is 28.8 Å². The highest BCUT2D eigenvalue weighted by molar-refractivity contribution is 6.38. The van der Waals surface area contributed by atoms with Crippen molar-refractivity contribution in [3.63, 3.8) is 0 Å². The van der Waals surface area contributed by atoms with Crippen LogP contribution in [0.4, 0.5) is 4.79 Å². The molecule has 4 N–H and O–H groups in total. The van der Waals surface area contributed by atoms with Crippen LogP contribution in [0.1, 0.15) is 133 Å². The Hall–Kier alpha value is -3.44. The number of carbonyl (C=O) groups excluding carboxylic acids is 6. The Balaban J connectivity index is 1.38. The Morgan fingerprint density at radius 2 is 1.55 bits per heavy atom. The molecule has 5 fully saturated rings. The number of nitrogens with one attached hydrogen (secondary N) is 4. The van der Waals surface area contributed by atoms with Gasteiger partial charge in [-0.1, -0.05) is 101 Å². The van der Waals surface area contributed by atoms with Gasteiger partial charge in [0, 0.05) is 38.0 Å². The summed E-state index contributed by atoms with van der Waals surface area (Å²) in [6.07, 6.45) is 9.77. The SMILES string of the molecule is C=CCNC(=O)C(=O)C(CC1CCC1)NC(=O)[C@@H]1CC2(CN1C(=O)[C@H](NC(=O)N[C@H](CN1CCC(C)(C)CC1=O)C(C)(C)C)C(C)(C)C)C(C)(C)C21CCC1. The summed E-state index contributed by atoms with van der Waals surface area (Å²) in [5, 5.41) is 11.7. The Labute approximate surface area is 329 Å². The Morgan fingerprint density at radius 3 is 2.04 bits per heavy atom. The molecular weight excluding hydrogens is 697 g/mol. The largest absolute Gasteiger partial charge is 0.346 e. The molecule has 2 saturated heterocycles. The number of urea groups is 1. The van der Waals surface area contributed by atoms with Gasteiger partial charge in [0.1, 0.15) is 12.1 Å². The molecule has 0 aromatic carbocycles. The summed E-state index contributed by atoms with van der Waals surface area (Å²) in [4.78, 5) is 86.3. The van der Waals surface area contributed by atoms with Gasteiger partial charge in [-0.25, -0.2) is 4.79 Å². The third-order valence-corrected chi connectivity index (χ3v) is 14.6. The van der Waals surface area contributed by atoms with Crippen molar-refractivity contribution in [2.75, 3.05) is 26.2 Å². The van der Waals surface area contributed by atoms with Crippen LogP contribution in [-0.2, 0) is 24.0 Å². The second kappa shape index (κ2) is 15.1. The van der Waals surface area contributed by atoms with E-state index in [0.29, 0.717) is 38.9 Å². The van der Waals surface area contributed by atoms with Gasteiger partial charge in [-0.05, 0) is 65.1 Å². The molecule has 2 unspecified atom stereocenters. The molecule has 3 saturated carbocycles. The Kier molecular flexibility index (Phi) is 11.8. The van der Waals surface area contributed by atoms with Gasteiger partial charge in [0.25, 0.3) is 5.91 Å². The zero-order chi connectivity index (χ0) is 40.9. The molecule has 2 heterocycles. The van der Waals surface area contributed by atoms with Gasteiger partial charge in [-0.3, -0.25) is 24.0 Å². The number of piperidine rings is 1. The Bertz CT molecular complexity index is 1550. The van der Waals surface area contributed by atoms with Crippen molar-refractivity contribution >= 4 is 35.4 Å². The molecule has 5 atom stereocenters. The molecule has 5 aliphatic rings. The molecule has 12 nitrogen and oxygen atoms in total. The monoisotopic (exact) mass is 767 g/mol. The predicted molar refractivity (Wildman–Crippen MR) is 212 cm³/mol. The van der Waals surface area contributed by atoms with Gasteiger partial charge in [0.15, 0.2) is 0 Å². The van der Waals surface area contributed by atoms with Gasteiger partial charge in [0.05, 0.1) is 12.1 Å². The first-order valence-corrected chi connectivity index (χ1v) is 20.8. The number of ketones is 1. The second-order valence-corrected chi connectivity index (χ2v) is 21.1. The molecule has 55 heavy (non-hydrogen) atoms. The summed E-state index contributed by atoms with van der Waals surface area (Å²) < 4.78 is 0. The lowest BCUT2D eigenvalue weighted by molar-refractivity contribution is -0.144. The van der Waals surface area contributed by atoms with E-state index < -0.39 is 47.2 Å². The minimum Gasteiger partial charge on any atom is -0.346 e. The van der Waals surface area contributed by atoms with Crippen LogP contribution in [-0.4, -0.2) is 95.6 Å². The minimum atomic E-state index is -1.00. The first-order valence-electron chi connectivity index (χ1n) is 20.8. The van der Waals surface area contributed by atoms with Gasteiger partial charge in [0.2, 0.25) is 23.5 Å². The van der Waals surface area contributed by atoms with Crippen LogP contribution in [0.2, 0.25) is 0 Å². The maximum absolute atomic E-state index is 15.0. The quantitative estimate of drug-likeness (QED) is 0.151. The summed E-state index contributed by atoms with van der Waals surface area (Å²) in [6, 6.07) is -3.75. The van der Waals surface area contributed by atoms with Crippen molar-refractivity contribution in [2.24, 2.45) is 38.4 Å². The summed E-state index contributed by atoms with van der Waals surface area (Å²) in [5.74, 6) is -1.92. The number of fused-ring (bicyclic) bond motifs is 1. The number of nitrogens with zero attached hydrogens (tertiary/aromatic N) is 2. The third kappa shape index (κ3) is 8.20. The van der Waals surface area contributed by atoms with Crippen LogP contribution in [0, 0.1) is 38.4 Å². The van der Waals surface area contributed by atoms with E-state index >= 15 is 0 Å². The molecule has 0 aromatic heterocycles. The molecule has 12 heteroatoms. The first kappa shape index (κ1) is 42.7. The van der Waals surface area contributed by atoms with Crippen LogP contribution in [0.5, 0.6) is 0 Å². The van der Waals surface area contributed by atoms with Crippen molar-refractivity contribution in [2.45, 2.75) is 158 Å². The summed E-state index contributed by atoms with van der Waals surface area (Å²) in [7, 11) is 0. The lowest BCUT2D eigenvalue weighted by atomic mass is 9.73. The maximum Gasteiger partial charge on any atom is 0.315 e. The highest BCUT2D eigenvalue weighted by Gasteiger charge is 2.85. The van der Waals surface area contributed by atoms with Crippen molar-refractivity contribution in [3.05, 3.63) is 12.7 Å². The van der Waals surface area contributed by atoms with E-state index in [0.717, 1.165) is 44.9 Å².